The van der Waals surface area contributed by atoms with Gasteiger partial charge in [0.05, 0.1) is 30.5 Å². The molecule has 0 aromatic carbocycles. The van der Waals surface area contributed by atoms with Crippen molar-refractivity contribution >= 4 is 29.0 Å². The van der Waals surface area contributed by atoms with Crippen molar-refractivity contribution in [2.24, 2.45) is 5.92 Å². The molecule has 1 aromatic rings. The first-order valence-corrected chi connectivity index (χ1v) is 8.45. The number of anilines is 1. The minimum atomic E-state index is -0.898. The molecule has 0 bridgehead atoms. The molecule has 1 aliphatic rings. The van der Waals surface area contributed by atoms with E-state index in [4.69, 9.17) is 21.1 Å². The first-order chi connectivity index (χ1) is 11.4. The first-order valence-electron chi connectivity index (χ1n) is 8.08. The number of ether oxygens (including phenoxy) is 2. The lowest BCUT2D eigenvalue weighted by Gasteiger charge is -2.39. The molecule has 2 heterocycles. The van der Waals surface area contributed by atoms with Crippen LogP contribution in [-0.4, -0.2) is 49.6 Å². The zero-order valence-electron chi connectivity index (χ0n) is 14.5. The van der Waals surface area contributed by atoms with Crippen LogP contribution >= 0.6 is 11.6 Å². The van der Waals surface area contributed by atoms with E-state index in [9.17, 15) is 9.59 Å². The number of rotatable bonds is 6. The maximum Gasteiger partial charge on any atom is 0.318 e. The van der Waals surface area contributed by atoms with Gasteiger partial charge < -0.3 is 14.4 Å². The van der Waals surface area contributed by atoms with Crippen LogP contribution in [-0.2, 0) is 14.3 Å². The van der Waals surface area contributed by atoms with Gasteiger partial charge in [0, 0.05) is 19.3 Å². The van der Waals surface area contributed by atoms with Crippen molar-refractivity contribution in [1.82, 2.24) is 4.98 Å². The van der Waals surface area contributed by atoms with E-state index < -0.39 is 11.9 Å². The molecule has 24 heavy (non-hydrogen) atoms. The van der Waals surface area contributed by atoms with Crippen LogP contribution in [0.5, 0.6) is 0 Å². The Hall–Kier alpha value is -1.66. The summed E-state index contributed by atoms with van der Waals surface area (Å²) in [5.74, 6) is -1.75. The van der Waals surface area contributed by atoms with E-state index in [1.807, 2.05) is 24.8 Å². The molecule has 0 fully saturated rings. The van der Waals surface area contributed by atoms with Crippen molar-refractivity contribution < 1.29 is 19.1 Å². The van der Waals surface area contributed by atoms with Crippen molar-refractivity contribution in [1.29, 1.82) is 0 Å². The van der Waals surface area contributed by atoms with Crippen molar-refractivity contribution in [3.8, 4) is 0 Å². The smallest absolute Gasteiger partial charge is 0.318 e. The number of methoxy groups -OCH3 is 1. The molecule has 0 radical (unpaired) electrons. The molecule has 1 aliphatic heterocycles. The van der Waals surface area contributed by atoms with E-state index in [1.54, 1.807) is 14.0 Å². The molecule has 2 rings (SSSR count). The number of aryl methyl sites for hydroxylation is 1. The van der Waals surface area contributed by atoms with Gasteiger partial charge in [-0.2, -0.15) is 0 Å². The van der Waals surface area contributed by atoms with Gasteiger partial charge in [0.2, 0.25) is 0 Å². The fourth-order valence-corrected chi connectivity index (χ4v) is 3.34. The molecular formula is C17H23ClN2O4. The Morgan fingerprint density at radius 1 is 1.50 bits per heavy atom. The Morgan fingerprint density at radius 3 is 2.79 bits per heavy atom. The summed E-state index contributed by atoms with van der Waals surface area (Å²) in [4.78, 5) is 31.2. The van der Waals surface area contributed by atoms with Gasteiger partial charge in [-0.15, -0.1) is 0 Å². The molecule has 0 aliphatic carbocycles. The van der Waals surface area contributed by atoms with Gasteiger partial charge in [-0.3, -0.25) is 9.59 Å². The summed E-state index contributed by atoms with van der Waals surface area (Å²) in [6.45, 7) is 6.54. The normalized spacial score (nSPS) is 18.3. The van der Waals surface area contributed by atoms with Crippen LogP contribution in [0.2, 0.25) is 5.15 Å². The second-order valence-corrected chi connectivity index (χ2v) is 6.15. The highest BCUT2D eigenvalue weighted by Crippen LogP contribution is 2.36. The Labute approximate surface area is 147 Å². The molecule has 0 saturated carbocycles. The number of hydrogen-bond acceptors (Lipinski definition) is 6. The lowest BCUT2D eigenvalue weighted by atomic mass is 9.90. The Bertz CT molecular complexity index is 635. The average molecular weight is 355 g/mol. The van der Waals surface area contributed by atoms with Gasteiger partial charge in [-0.1, -0.05) is 18.5 Å². The van der Waals surface area contributed by atoms with E-state index in [-0.39, 0.29) is 30.1 Å². The molecule has 1 aromatic heterocycles. The van der Waals surface area contributed by atoms with Gasteiger partial charge >= 0.3 is 5.97 Å². The molecule has 132 valence electrons. The lowest BCUT2D eigenvalue weighted by molar-refractivity contribution is -0.146. The second kappa shape index (κ2) is 7.94. The van der Waals surface area contributed by atoms with E-state index in [0.29, 0.717) is 17.9 Å². The number of pyridine rings is 1. The number of nitrogens with zero attached hydrogens (tertiary/aromatic N) is 2. The summed E-state index contributed by atoms with van der Waals surface area (Å²) in [6, 6.07) is 1.86. The van der Waals surface area contributed by atoms with Crippen LogP contribution in [0.25, 0.3) is 0 Å². The van der Waals surface area contributed by atoms with Gasteiger partial charge in [0.15, 0.2) is 5.78 Å². The summed E-state index contributed by atoms with van der Waals surface area (Å²) >= 11 is 6.24. The SMILES string of the molecule is CCOC(=O)C1CN(C(CC)COC)c2cc(C)nc(Cl)c2C1=O. The van der Waals surface area contributed by atoms with Crippen LogP contribution in [0, 0.1) is 12.8 Å². The zero-order valence-corrected chi connectivity index (χ0v) is 15.2. The summed E-state index contributed by atoms with van der Waals surface area (Å²) in [5, 5.41) is 0.126. The van der Waals surface area contributed by atoms with Crippen LogP contribution in [0.1, 0.15) is 36.3 Å². The van der Waals surface area contributed by atoms with Crippen LogP contribution in [0.3, 0.4) is 0 Å². The third kappa shape index (κ3) is 3.54. The summed E-state index contributed by atoms with van der Waals surface area (Å²) < 4.78 is 10.4. The molecule has 2 unspecified atom stereocenters. The maximum absolute atomic E-state index is 12.8. The third-order valence-electron chi connectivity index (χ3n) is 4.18. The summed E-state index contributed by atoms with van der Waals surface area (Å²) in [6.07, 6.45) is 0.802. The van der Waals surface area contributed by atoms with Crippen LogP contribution in [0.4, 0.5) is 5.69 Å². The number of ketones is 1. The van der Waals surface area contributed by atoms with Crippen LogP contribution < -0.4 is 4.90 Å². The minimum absolute atomic E-state index is 0.0247. The Morgan fingerprint density at radius 2 is 2.21 bits per heavy atom. The topological polar surface area (TPSA) is 68.7 Å². The maximum atomic E-state index is 12.8. The summed E-state index contributed by atoms with van der Waals surface area (Å²) in [7, 11) is 1.63. The molecule has 0 N–H and O–H groups in total. The van der Waals surface area contributed by atoms with Crippen LogP contribution in [0.15, 0.2) is 6.07 Å². The monoisotopic (exact) mass is 354 g/mol. The van der Waals surface area contributed by atoms with E-state index >= 15 is 0 Å². The third-order valence-corrected chi connectivity index (χ3v) is 4.45. The minimum Gasteiger partial charge on any atom is -0.465 e. The number of esters is 1. The molecule has 0 amide bonds. The number of Topliss-reactive ketones (excluding diaryl/α,β-unsaturated/α-hetero) is 1. The molecular weight excluding hydrogens is 332 g/mol. The van der Waals surface area contributed by atoms with Gasteiger partial charge in [-0.25, -0.2) is 4.98 Å². The fourth-order valence-electron chi connectivity index (χ4n) is 3.02. The number of halogens is 1. The van der Waals surface area contributed by atoms with E-state index in [2.05, 4.69) is 4.98 Å². The number of fused-ring (bicyclic) bond motifs is 1. The first kappa shape index (κ1) is 18.7. The van der Waals surface area contributed by atoms with Crippen molar-refractivity contribution in [3.05, 3.63) is 22.5 Å². The molecule has 6 nitrogen and oxygen atoms in total. The zero-order chi connectivity index (χ0) is 17.9. The summed E-state index contributed by atoms with van der Waals surface area (Å²) in [5.41, 5.74) is 1.72. The molecule has 2 atom stereocenters. The second-order valence-electron chi connectivity index (χ2n) is 5.79. The largest absolute Gasteiger partial charge is 0.465 e. The number of hydrogen-bond donors (Lipinski definition) is 0. The van der Waals surface area contributed by atoms with E-state index in [1.165, 1.54) is 0 Å². The standard InChI is InChI=1S/C17H23ClN2O4/c1-5-11(9-23-4)20-8-12(17(22)24-6-2)15(21)14-13(20)7-10(3)19-16(14)18/h7,11-12H,5-6,8-9H2,1-4H3. The lowest BCUT2D eigenvalue weighted by Crippen LogP contribution is -2.49. The van der Waals surface area contributed by atoms with Crippen molar-refractivity contribution in [2.45, 2.75) is 33.2 Å². The predicted molar refractivity (Wildman–Crippen MR) is 91.7 cm³/mol. The molecule has 0 spiro atoms. The highest BCUT2D eigenvalue weighted by molar-refractivity contribution is 6.34. The number of aromatic nitrogens is 1. The number of carbonyl (C=O) groups excluding carboxylic acids is 2. The highest BCUT2D eigenvalue weighted by atomic mass is 35.5. The van der Waals surface area contributed by atoms with E-state index in [0.717, 1.165) is 12.1 Å². The molecule has 0 saturated heterocycles. The van der Waals surface area contributed by atoms with Gasteiger partial charge in [-0.05, 0) is 26.3 Å². The average Bonchev–Trinajstić information content (AvgIpc) is 2.53. The van der Waals surface area contributed by atoms with Gasteiger partial charge in [0.25, 0.3) is 0 Å². The highest BCUT2D eigenvalue weighted by Gasteiger charge is 2.41. The van der Waals surface area contributed by atoms with Gasteiger partial charge in [0.1, 0.15) is 11.1 Å². The quantitative estimate of drug-likeness (QED) is 0.444. The Balaban J connectivity index is 2.53. The predicted octanol–water partition coefficient (Wildman–Crippen LogP) is 2.65. The fraction of sp³-hybridized carbons (Fsp3) is 0.588. The molecule has 7 heteroatoms. The van der Waals surface area contributed by atoms with Crippen molar-refractivity contribution in [3.63, 3.8) is 0 Å². The number of carbonyl (C=O) groups is 2. The van der Waals surface area contributed by atoms with Crippen molar-refractivity contribution in [2.75, 3.05) is 31.8 Å². The Kier molecular flexibility index (Phi) is 6.18.